The van der Waals surface area contributed by atoms with E-state index in [2.05, 4.69) is 17.1 Å². The topological polar surface area (TPSA) is 52.7 Å². The van der Waals surface area contributed by atoms with Gasteiger partial charge in [-0.25, -0.2) is 8.42 Å². The van der Waals surface area contributed by atoms with Crippen molar-refractivity contribution in [3.05, 3.63) is 16.3 Å². The summed E-state index contributed by atoms with van der Waals surface area (Å²) in [6.07, 6.45) is 0. The Bertz CT molecular complexity index is 527. The number of likely N-dealkylation sites (N-methyl/N-ethyl adjacent to an activating group) is 1. The lowest BCUT2D eigenvalue weighted by atomic mass is 10.2. The van der Waals surface area contributed by atoms with Gasteiger partial charge < -0.3 is 10.2 Å². The number of rotatable bonds is 4. The number of nitrogens with one attached hydrogen (secondary N) is 1. The maximum absolute atomic E-state index is 12.7. The van der Waals surface area contributed by atoms with Crippen LogP contribution in [0.3, 0.4) is 0 Å². The Balaban J connectivity index is 2.25. The average molecular weight is 303 g/mol. The van der Waals surface area contributed by atoms with Crippen molar-refractivity contribution in [3.8, 4) is 0 Å². The first-order valence-corrected chi connectivity index (χ1v) is 8.70. The molecule has 0 saturated carbocycles. The molecule has 1 aliphatic rings. The van der Waals surface area contributed by atoms with E-state index in [0.29, 0.717) is 24.5 Å². The zero-order chi connectivity index (χ0) is 14.0. The van der Waals surface area contributed by atoms with Crippen molar-refractivity contribution in [1.29, 1.82) is 0 Å². The summed E-state index contributed by atoms with van der Waals surface area (Å²) in [5.74, 6) is 0. The van der Waals surface area contributed by atoms with E-state index < -0.39 is 10.0 Å². The Morgan fingerprint density at radius 3 is 2.84 bits per heavy atom. The molecule has 1 aromatic rings. The first kappa shape index (κ1) is 14.9. The highest BCUT2D eigenvalue weighted by molar-refractivity contribution is 7.89. The summed E-state index contributed by atoms with van der Waals surface area (Å²) >= 11 is 1.49. The maximum atomic E-state index is 12.7. The Hall–Kier alpha value is -0.470. The molecule has 0 spiro atoms. The molecule has 2 rings (SSSR count). The summed E-state index contributed by atoms with van der Waals surface area (Å²) < 4.78 is 27.0. The molecule has 1 fully saturated rings. The lowest BCUT2D eigenvalue weighted by molar-refractivity contribution is 0.159. The monoisotopic (exact) mass is 303 g/mol. The highest BCUT2D eigenvalue weighted by Gasteiger charge is 2.32. The molecule has 1 atom stereocenters. The van der Waals surface area contributed by atoms with E-state index in [1.807, 2.05) is 19.5 Å². The van der Waals surface area contributed by atoms with E-state index in [4.69, 9.17) is 0 Å². The lowest BCUT2D eigenvalue weighted by Crippen LogP contribution is -2.51. The number of sulfonamides is 1. The van der Waals surface area contributed by atoms with Crippen molar-refractivity contribution < 1.29 is 8.42 Å². The van der Waals surface area contributed by atoms with Crippen LogP contribution in [0.25, 0.3) is 0 Å². The average Bonchev–Trinajstić information content (AvgIpc) is 2.82. The standard InChI is InChI=1S/C12H21N3O2S2/c1-10-9-15(6-5-14(10)3)19(16,17)12-4-7-18-11(12)8-13-2/h4,7,10,13H,5-6,8-9H2,1-3H3. The van der Waals surface area contributed by atoms with Gasteiger partial charge in [0.15, 0.2) is 0 Å². The molecule has 5 nitrogen and oxygen atoms in total. The van der Waals surface area contributed by atoms with Gasteiger partial charge in [0.05, 0.1) is 4.90 Å². The van der Waals surface area contributed by atoms with Crippen LogP contribution in [0.4, 0.5) is 0 Å². The van der Waals surface area contributed by atoms with Gasteiger partial charge in [0.2, 0.25) is 10.0 Å². The van der Waals surface area contributed by atoms with Crippen molar-refractivity contribution >= 4 is 21.4 Å². The lowest BCUT2D eigenvalue weighted by Gasteiger charge is -2.36. The minimum absolute atomic E-state index is 0.259. The highest BCUT2D eigenvalue weighted by Crippen LogP contribution is 2.26. The molecule has 0 aromatic carbocycles. The molecule has 108 valence electrons. The van der Waals surface area contributed by atoms with Gasteiger partial charge >= 0.3 is 0 Å². The van der Waals surface area contributed by atoms with E-state index in [1.165, 1.54) is 11.3 Å². The third-order valence-corrected chi connectivity index (χ3v) is 6.58. The Morgan fingerprint density at radius 2 is 2.21 bits per heavy atom. The van der Waals surface area contributed by atoms with Crippen LogP contribution in [0, 0.1) is 0 Å². The molecule has 0 aliphatic carbocycles. The predicted molar refractivity (Wildman–Crippen MR) is 77.9 cm³/mol. The molecule has 0 radical (unpaired) electrons. The second kappa shape index (κ2) is 5.88. The number of hydrogen-bond donors (Lipinski definition) is 1. The molecule has 2 heterocycles. The minimum Gasteiger partial charge on any atom is -0.315 e. The molecule has 0 amide bonds. The van der Waals surface area contributed by atoms with Gasteiger partial charge in [0.25, 0.3) is 0 Å². The molecule has 1 aromatic heterocycles. The molecule has 1 N–H and O–H groups in total. The summed E-state index contributed by atoms with van der Waals surface area (Å²) in [5, 5.41) is 4.87. The van der Waals surface area contributed by atoms with E-state index in [0.717, 1.165) is 11.4 Å². The van der Waals surface area contributed by atoms with Gasteiger partial charge in [-0.15, -0.1) is 11.3 Å². The van der Waals surface area contributed by atoms with Crippen LogP contribution >= 0.6 is 11.3 Å². The molecule has 1 unspecified atom stereocenters. The van der Waals surface area contributed by atoms with Crippen molar-refractivity contribution in [2.75, 3.05) is 33.7 Å². The van der Waals surface area contributed by atoms with Crippen LogP contribution in [-0.4, -0.2) is 57.4 Å². The second-order valence-corrected chi connectivity index (χ2v) is 7.84. The van der Waals surface area contributed by atoms with Crippen molar-refractivity contribution in [2.24, 2.45) is 0 Å². The third kappa shape index (κ3) is 3.00. The number of hydrogen-bond acceptors (Lipinski definition) is 5. The third-order valence-electron chi connectivity index (χ3n) is 3.58. The highest BCUT2D eigenvalue weighted by atomic mass is 32.2. The van der Waals surface area contributed by atoms with Crippen LogP contribution in [0.1, 0.15) is 11.8 Å². The largest absolute Gasteiger partial charge is 0.315 e. The first-order valence-electron chi connectivity index (χ1n) is 6.38. The summed E-state index contributed by atoms with van der Waals surface area (Å²) in [6.45, 7) is 4.57. The van der Waals surface area contributed by atoms with Crippen LogP contribution in [0.2, 0.25) is 0 Å². The van der Waals surface area contributed by atoms with E-state index >= 15 is 0 Å². The summed E-state index contributed by atoms with van der Waals surface area (Å²) in [7, 11) is 0.510. The zero-order valence-electron chi connectivity index (χ0n) is 11.6. The normalized spacial score (nSPS) is 22.8. The summed E-state index contributed by atoms with van der Waals surface area (Å²) in [6, 6.07) is 1.98. The number of nitrogens with zero attached hydrogens (tertiary/aromatic N) is 2. The summed E-state index contributed by atoms with van der Waals surface area (Å²) in [5.41, 5.74) is 0. The molecule has 7 heteroatoms. The van der Waals surface area contributed by atoms with Gasteiger partial charge in [-0.3, -0.25) is 0 Å². The van der Waals surface area contributed by atoms with Gasteiger partial charge in [0.1, 0.15) is 0 Å². The maximum Gasteiger partial charge on any atom is 0.244 e. The molecular formula is C12H21N3O2S2. The fourth-order valence-electron chi connectivity index (χ4n) is 2.22. The minimum atomic E-state index is -3.35. The molecule has 19 heavy (non-hydrogen) atoms. The van der Waals surface area contributed by atoms with E-state index in [-0.39, 0.29) is 6.04 Å². The SMILES string of the molecule is CNCc1sccc1S(=O)(=O)N1CCN(C)C(C)C1. The predicted octanol–water partition coefficient (Wildman–Crippen LogP) is 0.792. The molecule has 1 saturated heterocycles. The quantitative estimate of drug-likeness (QED) is 0.893. The fourth-order valence-corrected chi connectivity index (χ4v) is 5.16. The van der Waals surface area contributed by atoms with Gasteiger partial charge in [0, 0.05) is 37.1 Å². The summed E-state index contributed by atoms with van der Waals surface area (Å²) in [4.78, 5) is 3.53. The number of piperazine rings is 1. The van der Waals surface area contributed by atoms with Crippen LogP contribution in [0.15, 0.2) is 16.3 Å². The van der Waals surface area contributed by atoms with Gasteiger partial charge in [-0.2, -0.15) is 4.31 Å². The number of thiophene rings is 1. The Labute approximate surface area is 119 Å². The second-order valence-electron chi connectivity index (χ2n) is 4.93. The van der Waals surface area contributed by atoms with Crippen LogP contribution in [-0.2, 0) is 16.6 Å². The fraction of sp³-hybridized carbons (Fsp3) is 0.667. The van der Waals surface area contributed by atoms with Crippen LogP contribution in [0.5, 0.6) is 0 Å². The van der Waals surface area contributed by atoms with Gasteiger partial charge in [-0.1, -0.05) is 0 Å². The smallest absolute Gasteiger partial charge is 0.244 e. The Kier molecular flexibility index (Phi) is 4.62. The van der Waals surface area contributed by atoms with Crippen molar-refractivity contribution in [2.45, 2.75) is 24.4 Å². The Morgan fingerprint density at radius 1 is 1.47 bits per heavy atom. The van der Waals surface area contributed by atoms with Crippen molar-refractivity contribution in [1.82, 2.24) is 14.5 Å². The van der Waals surface area contributed by atoms with Crippen molar-refractivity contribution in [3.63, 3.8) is 0 Å². The molecular weight excluding hydrogens is 282 g/mol. The zero-order valence-corrected chi connectivity index (χ0v) is 13.2. The first-order chi connectivity index (χ1) is 8.96. The van der Waals surface area contributed by atoms with Crippen LogP contribution < -0.4 is 5.32 Å². The van der Waals surface area contributed by atoms with Gasteiger partial charge in [-0.05, 0) is 32.5 Å². The molecule has 1 aliphatic heterocycles. The molecule has 0 bridgehead atoms. The van der Waals surface area contributed by atoms with E-state index in [1.54, 1.807) is 10.4 Å². The van der Waals surface area contributed by atoms with E-state index in [9.17, 15) is 8.42 Å².